The number of aliphatic hydroxyl groups excluding tert-OH is 1. The van der Waals surface area contributed by atoms with Crippen LogP contribution in [0.15, 0.2) is 54.6 Å². The van der Waals surface area contributed by atoms with Crippen molar-refractivity contribution in [2.24, 2.45) is 5.73 Å². The number of carbonyl (C=O) groups is 1. The Labute approximate surface area is 175 Å². The van der Waals surface area contributed by atoms with Gasteiger partial charge in [-0.15, -0.1) is 0 Å². The van der Waals surface area contributed by atoms with E-state index in [0.717, 1.165) is 54.3 Å². The van der Waals surface area contributed by atoms with Crippen LogP contribution in [0.3, 0.4) is 0 Å². The molecule has 0 bridgehead atoms. The maximum absolute atomic E-state index is 11.5. The van der Waals surface area contributed by atoms with E-state index in [1.54, 1.807) is 12.1 Å². The van der Waals surface area contributed by atoms with Gasteiger partial charge in [-0.1, -0.05) is 30.3 Å². The fraction of sp³-hybridized carbons (Fsp3) is 0.261. The topological polar surface area (TPSA) is 104 Å². The van der Waals surface area contributed by atoms with Crippen molar-refractivity contribution in [3.05, 3.63) is 65.7 Å². The Morgan fingerprint density at radius 1 is 1.10 bits per heavy atom. The van der Waals surface area contributed by atoms with Gasteiger partial charge in [0.05, 0.1) is 11.8 Å². The Bertz CT molecular complexity index is 1050. The lowest BCUT2D eigenvalue weighted by atomic mass is 10.1. The average Bonchev–Trinajstić information content (AvgIpc) is 2.74. The molecule has 0 spiro atoms. The molecule has 1 aliphatic rings. The molecule has 0 aliphatic carbocycles. The molecule has 0 saturated carbocycles. The van der Waals surface area contributed by atoms with Crippen molar-refractivity contribution in [2.45, 2.75) is 25.9 Å². The molecule has 154 valence electrons. The first-order valence-electron chi connectivity index (χ1n) is 10.0. The lowest BCUT2D eigenvalue weighted by molar-refractivity contribution is 0.0999. The Hall–Kier alpha value is -3.45. The van der Waals surface area contributed by atoms with E-state index in [1.807, 2.05) is 49.4 Å². The Morgan fingerprint density at radius 2 is 1.83 bits per heavy atom. The number of hydrogen-bond acceptors (Lipinski definition) is 6. The second-order valence-electron chi connectivity index (χ2n) is 7.54. The van der Waals surface area contributed by atoms with E-state index in [4.69, 9.17) is 15.7 Å². The molecule has 1 saturated heterocycles. The number of rotatable bonds is 5. The molecular formula is C23H25N5O2. The fourth-order valence-electron chi connectivity index (χ4n) is 3.65. The average molecular weight is 403 g/mol. The number of hydrogen-bond donors (Lipinski definition) is 3. The van der Waals surface area contributed by atoms with E-state index < -0.39 is 5.91 Å². The van der Waals surface area contributed by atoms with Crippen LogP contribution in [-0.2, 0) is 0 Å². The van der Waals surface area contributed by atoms with Gasteiger partial charge < -0.3 is 21.1 Å². The summed E-state index contributed by atoms with van der Waals surface area (Å²) < 4.78 is 0. The summed E-state index contributed by atoms with van der Waals surface area (Å²) in [5.74, 6) is 0.850. The second-order valence-corrected chi connectivity index (χ2v) is 7.54. The summed E-state index contributed by atoms with van der Waals surface area (Å²) in [6.07, 6.45) is 1.20. The standard InChI is InChI=1S/C23H25N5O2/c1-15-13-17(7-8-19(15)22(24)30)25-23-26-20(16-5-3-2-4-6-16)14-21(27-23)28-11-9-18(29)10-12-28/h2-8,13-14,18,29H,9-12H2,1H3,(H2,24,30)(H,25,26,27). The van der Waals surface area contributed by atoms with Crippen LogP contribution in [0.5, 0.6) is 0 Å². The van der Waals surface area contributed by atoms with Gasteiger partial charge in [0, 0.05) is 36.0 Å². The van der Waals surface area contributed by atoms with Gasteiger partial charge in [-0.2, -0.15) is 4.98 Å². The molecular weight excluding hydrogens is 378 g/mol. The number of amides is 1. The largest absolute Gasteiger partial charge is 0.393 e. The highest BCUT2D eigenvalue weighted by atomic mass is 16.3. The molecule has 1 aliphatic heterocycles. The maximum Gasteiger partial charge on any atom is 0.248 e. The van der Waals surface area contributed by atoms with Crippen LogP contribution >= 0.6 is 0 Å². The summed E-state index contributed by atoms with van der Waals surface area (Å²) >= 11 is 0. The summed E-state index contributed by atoms with van der Waals surface area (Å²) in [6, 6.07) is 17.3. The molecule has 0 radical (unpaired) electrons. The number of carbonyl (C=O) groups excluding carboxylic acids is 1. The predicted octanol–water partition coefficient (Wildman–Crippen LogP) is 3.26. The first-order valence-corrected chi connectivity index (χ1v) is 10.0. The van der Waals surface area contributed by atoms with Gasteiger partial charge in [-0.3, -0.25) is 4.79 Å². The molecule has 1 amide bonds. The molecule has 30 heavy (non-hydrogen) atoms. The molecule has 7 heteroatoms. The number of aliphatic hydroxyl groups is 1. The zero-order chi connectivity index (χ0) is 21.1. The zero-order valence-electron chi connectivity index (χ0n) is 16.9. The zero-order valence-corrected chi connectivity index (χ0v) is 16.9. The number of nitrogens with one attached hydrogen (secondary N) is 1. The van der Waals surface area contributed by atoms with Crippen LogP contribution in [0.4, 0.5) is 17.5 Å². The fourth-order valence-corrected chi connectivity index (χ4v) is 3.65. The van der Waals surface area contributed by atoms with Gasteiger partial charge in [-0.25, -0.2) is 4.98 Å². The SMILES string of the molecule is Cc1cc(Nc2nc(-c3ccccc3)cc(N3CCC(O)CC3)n2)ccc1C(N)=O. The number of nitrogens with zero attached hydrogens (tertiary/aromatic N) is 3. The van der Waals surface area contributed by atoms with Crippen molar-refractivity contribution in [1.29, 1.82) is 0 Å². The Balaban J connectivity index is 1.69. The minimum Gasteiger partial charge on any atom is -0.393 e. The van der Waals surface area contributed by atoms with E-state index in [9.17, 15) is 9.90 Å². The van der Waals surface area contributed by atoms with Gasteiger partial charge in [0.2, 0.25) is 11.9 Å². The van der Waals surface area contributed by atoms with Crippen molar-refractivity contribution in [1.82, 2.24) is 9.97 Å². The first-order chi connectivity index (χ1) is 14.5. The number of aromatic nitrogens is 2. The van der Waals surface area contributed by atoms with Crippen molar-refractivity contribution in [2.75, 3.05) is 23.3 Å². The predicted molar refractivity (Wildman–Crippen MR) is 118 cm³/mol. The van der Waals surface area contributed by atoms with Crippen LogP contribution in [-0.4, -0.2) is 40.2 Å². The third-order valence-corrected chi connectivity index (χ3v) is 5.32. The molecule has 0 unspecified atom stereocenters. The molecule has 2 aromatic carbocycles. The van der Waals surface area contributed by atoms with Crippen LogP contribution in [0.1, 0.15) is 28.8 Å². The highest BCUT2D eigenvalue weighted by Crippen LogP contribution is 2.27. The van der Waals surface area contributed by atoms with Crippen LogP contribution in [0, 0.1) is 6.92 Å². The number of piperidine rings is 1. The second kappa shape index (κ2) is 8.51. The van der Waals surface area contributed by atoms with Gasteiger partial charge in [-0.05, 0) is 43.5 Å². The molecule has 1 fully saturated rings. The lowest BCUT2D eigenvalue weighted by Crippen LogP contribution is -2.36. The summed E-state index contributed by atoms with van der Waals surface area (Å²) in [6.45, 7) is 3.34. The molecule has 3 aromatic rings. The van der Waals surface area contributed by atoms with E-state index in [0.29, 0.717) is 11.5 Å². The van der Waals surface area contributed by atoms with Gasteiger partial charge in [0.1, 0.15) is 5.82 Å². The molecule has 2 heterocycles. The molecule has 4 N–H and O–H groups in total. The van der Waals surface area contributed by atoms with Crippen molar-refractivity contribution >= 4 is 23.4 Å². The minimum atomic E-state index is -0.448. The van der Waals surface area contributed by atoms with E-state index in [-0.39, 0.29) is 6.10 Å². The normalized spacial score (nSPS) is 14.5. The molecule has 1 aromatic heterocycles. The summed E-state index contributed by atoms with van der Waals surface area (Å²) in [5, 5.41) is 13.1. The number of benzene rings is 2. The van der Waals surface area contributed by atoms with E-state index in [1.165, 1.54) is 0 Å². The molecule has 7 nitrogen and oxygen atoms in total. The molecule has 0 atom stereocenters. The Morgan fingerprint density at radius 3 is 2.50 bits per heavy atom. The van der Waals surface area contributed by atoms with Gasteiger partial charge >= 0.3 is 0 Å². The molecule has 4 rings (SSSR count). The van der Waals surface area contributed by atoms with Crippen LogP contribution in [0.2, 0.25) is 0 Å². The smallest absolute Gasteiger partial charge is 0.248 e. The van der Waals surface area contributed by atoms with Crippen LogP contribution < -0.4 is 16.0 Å². The number of primary amides is 1. The van der Waals surface area contributed by atoms with Crippen LogP contribution in [0.25, 0.3) is 11.3 Å². The van der Waals surface area contributed by atoms with Gasteiger partial charge in [0.15, 0.2) is 0 Å². The highest BCUT2D eigenvalue weighted by molar-refractivity contribution is 5.94. The van der Waals surface area contributed by atoms with E-state index >= 15 is 0 Å². The number of nitrogens with two attached hydrogens (primary N) is 1. The number of aryl methyl sites for hydroxylation is 1. The van der Waals surface area contributed by atoms with Crippen molar-refractivity contribution < 1.29 is 9.90 Å². The minimum absolute atomic E-state index is 0.249. The summed E-state index contributed by atoms with van der Waals surface area (Å²) in [4.78, 5) is 23.1. The maximum atomic E-state index is 11.5. The number of anilines is 3. The monoisotopic (exact) mass is 403 g/mol. The van der Waals surface area contributed by atoms with Crippen molar-refractivity contribution in [3.63, 3.8) is 0 Å². The summed E-state index contributed by atoms with van der Waals surface area (Å²) in [5.41, 5.74) is 9.29. The van der Waals surface area contributed by atoms with E-state index in [2.05, 4.69) is 10.2 Å². The lowest BCUT2D eigenvalue weighted by Gasteiger charge is -2.30. The Kier molecular flexibility index (Phi) is 5.63. The quantitative estimate of drug-likeness (QED) is 0.604. The van der Waals surface area contributed by atoms with Gasteiger partial charge in [0.25, 0.3) is 0 Å². The summed E-state index contributed by atoms with van der Waals surface area (Å²) in [7, 11) is 0. The van der Waals surface area contributed by atoms with Crippen molar-refractivity contribution in [3.8, 4) is 11.3 Å². The third kappa shape index (κ3) is 4.41. The highest BCUT2D eigenvalue weighted by Gasteiger charge is 2.20. The third-order valence-electron chi connectivity index (χ3n) is 5.32. The first kappa shape index (κ1) is 19.8.